The summed E-state index contributed by atoms with van der Waals surface area (Å²) in [4.78, 5) is 0. The van der Waals surface area contributed by atoms with Crippen molar-refractivity contribution in [3.8, 4) is 5.75 Å². The van der Waals surface area contributed by atoms with E-state index in [1.54, 1.807) is 6.07 Å². The first kappa shape index (κ1) is 31.3. The highest BCUT2D eigenvalue weighted by Crippen LogP contribution is 2.46. The van der Waals surface area contributed by atoms with Crippen molar-refractivity contribution < 1.29 is 26.7 Å². The Balaban J connectivity index is 1.08. The predicted octanol–water partition coefficient (Wildman–Crippen LogP) is 11.7. The average Bonchev–Trinajstić information content (AvgIpc) is 2.99. The van der Waals surface area contributed by atoms with E-state index in [0.29, 0.717) is 30.4 Å². The molecule has 0 atom stereocenters. The van der Waals surface area contributed by atoms with Crippen LogP contribution in [0.5, 0.6) is 5.75 Å². The SMILES string of the molecule is CCCCCC1CCC(C2CCC(c3ccc(C4CCC(C(F)(F)Oc5ccc(F)c(F)c5)CC4)c(F)c3)CC2)CC1. The van der Waals surface area contributed by atoms with E-state index in [9.17, 15) is 17.6 Å². The predicted molar refractivity (Wildman–Crippen MR) is 157 cm³/mol. The maximum absolute atomic E-state index is 15.4. The van der Waals surface area contributed by atoms with E-state index in [2.05, 4.69) is 13.0 Å². The highest BCUT2D eigenvalue weighted by Gasteiger charge is 2.44. The van der Waals surface area contributed by atoms with Gasteiger partial charge in [-0.25, -0.2) is 13.2 Å². The summed E-state index contributed by atoms with van der Waals surface area (Å²) in [6, 6.07) is 8.07. The van der Waals surface area contributed by atoms with E-state index in [4.69, 9.17) is 4.74 Å². The van der Waals surface area contributed by atoms with Crippen molar-refractivity contribution in [3.63, 3.8) is 0 Å². The van der Waals surface area contributed by atoms with Crippen LogP contribution in [0.15, 0.2) is 36.4 Å². The molecule has 1 nitrogen and oxygen atoms in total. The molecule has 3 saturated carbocycles. The van der Waals surface area contributed by atoms with Crippen molar-refractivity contribution in [2.75, 3.05) is 0 Å². The number of alkyl halides is 2. The van der Waals surface area contributed by atoms with Crippen LogP contribution in [0.4, 0.5) is 22.0 Å². The molecule has 3 fully saturated rings. The van der Waals surface area contributed by atoms with Gasteiger partial charge in [0.15, 0.2) is 11.6 Å². The summed E-state index contributed by atoms with van der Waals surface area (Å²) in [5, 5.41) is 0. The van der Waals surface area contributed by atoms with Gasteiger partial charge in [0, 0.05) is 6.07 Å². The summed E-state index contributed by atoms with van der Waals surface area (Å²) in [6.07, 6.45) is 13.5. The molecule has 3 aliphatic rings. The zero-order chi connectivity index (χ0) is 29.7. The fraction of sp³-hybridized carbons (Fsp3) is 0.667. The molecule has 2 aromatic carbocycles. The molecular formula is C36H47F5O. The third-order valence-corrected chi connectivity index (χ3v) is 10.8. The zero-order valence-electron chi connectivity index (χ0n) is 25.0. The van der Waals surface area contributed by atoms with Crippen LogP contribution in [0, 0.1) is 41.1 Å². The molecule has 0 bridgehead atoms. The number of benzene rings is 2. The zero-order valence-corrected chi connectivity index (χ0v) is 25.0. The van der Waals surface area contributed by atoms with Crippen LogP contribution in [0.25, 0.3) is 0 Å². The Bertz CT molecular complexity index is 1140. The molecular weight excluding hydrogens is 543 g/mol. The van der Waals surface area contributed by atoms with Crippen LogP contribution in [0.1, 0.15) is 133 Å². The Kier molecular flexibility index (Phi) is 10.5. The van der Waals surface area contributed by atoms with Crippen molar-refractivity contribution in [3.05, 3.63) is 65.0 Å². The highest BCUT2D eigenvalue weighted by atomic mass is 19.3. The quantitative estimate of drug-likeness (QED) is 0.198. The van der Waals surface area contributed by atoms with Gasteiger partial charge in [0.2, 0.25) is 0 Å². The van der Waals surface area contributed by atoms with Crippen LogP contribution in [-0.2, 0) is 0 Å². The molecule has 232 valence electrons. The Morgan fingerprint density at radius 2 is 1.31 bits per heavy atom. The summed E-state index contributed by atoms with van der Waals surface area (Å²) in [5.74, 6) is -1.09. The molecule has 0 saturated heterocycles. The van der Waals surface area contributed by atoms with Gasteiger partial charge in [-0.3, -0.25) is 0 Å². The van der Waals surface area contributed by atoms with E-state index in [1.807, 2.05) is 6.07 Å². The molecule has 6 heteroatoms. The van der Waals surface area contributed by atoms with Crippen molar-refractivity contribution in [2.24, 2.45) is 23.7 Å². The normalized spacial score (nSPS) is 28.9. The minimum absolute atomic E-state index is 0.109. The monoisotopic (exact) mass is 590 g/mol. The van der Waals surface area contributed by atoms with Gasteiger partial charge in [-0.05, 0) is 123 Å². The number of halogens is 5. The number of hydrogen-bond acceptors (Lipinski definition) is 1. The second-order valence-electron chi connectivity index (χ2n) is 13.5. The lowest BCUT2D eigenvalue weighted by molar-refractivity contribution is -0.222. The topological polar surface area (TPSA) is 9.23 Å². The minimum Gasteiger partial charge on any atom is -0.432 e. The molecule has 5 rings (SSSR count). The Morgan fingerprint density at radius 3 is 1.93 bits per heavy atom. The molecule has 42 heavy (non-hydrogen) atoms. The van der Waals surface area contributed by atoms with Crippen molar-refractivity contribution in [2.45, 2.75) is 128 Å². The summed E-state index contributed by atoms with van der Waals surface area (Å²) < 4.78 is 76.3. The number of ether oxygens (including phenoxy) is 1. The van der Waals surface area contributed by atoms with Crippen LogP contribution >= 0.6 is 0 Å². The molecule has 2 aromatic rings. The Labute approximate surface area is 248 Å². The fourth-order valence-electron chi connectivity index (χ4n) is 8.20. The molecule has 0 aromatic heterocycles. The van der Waals surface area contributed by atoms with Crippen molar-refractivity contribution in [1.82, 2.24) is 0 Å². The molecule has 0 amide bonds. The Morgan fingerprint density at radius 1 is 0.667 bits per heavy atom. The largest absolute Gasteiger partial charge is 0.432 e. The first-order valence-corrected chi connectivity index (χ1v) is 16.5. The molecule has 3 aliphatic carbocycles. The lowest BCUT2D eigenvalue weighted by Crippen LogP contribution is -2.37. The summed E-state index contributed by atoms with van der Waals surface area (Å²) in [7, 11) is 0. The molecule has 0 spiro atoms. The van der Waals surface area contributed by atoms with E-state index in [0.717, 1.165) is 48.3 Å². The first-order valence-electron chi connectivity index (χ1n) is 16.5. The lowest BCUT2D eigenvalue weighted by atomic mass is 9.68. The maximum Gasteiger partial charge on any atom is 0.400 e. The van der Waals surface area contributed by atoms with Crippen LogP contribution in [0.3, 0.4) is 0 Å². The van der Waals surface area contributed by atoms with Crippen LogP contribution in [0.2, 0.25) is 0 Å². The van der Waals surface area contributed by atoms with Gasteiger partial charge in [0.05, 0.1) is 5.92 Å². The number of unbranched alkanes of at least 4 members (excludes halogenated alkanes) is 2. The molecule has 0 N–H and O–H groups in total. The summed E-state index contributed by atoms with van der Waals surface area (Å²) in [5.41, 5.74) is 1.70. The van der Waals surface area contributed by atoms with Gasteiger partial charge in [0.1, 0.15) is 11.6 Å². The standard InChI is InChI=1S/C36H47F5O/c1-2-3-4-5-24-6-8-25(9-7-24)26-10-12-27(13-11-26)29-16-20-32(34(38)22-29)28-14-17-30(18-15-28)36(40,41)42-31-19-21-33(37)35(39)23-31/h16,19-28,30H,2-15,17-18H2,1H3. The third-order valence-electron chi connectivity index (χ3n) is 10.8. The molecule has 0 heterocycles. The van der Waals surface area contributed by atoms with Gasteiger partial charge in [-0.2, -0.15) is 8.78 Å². The molecule has 0 unspecified atom stereocenters. The Hall–Kier alpha value is -2.11. The lowest BCUT2D eigenvalue weighted by Gasteiger charge is -2.38. The van der Waals surface area contributed by atoms with Crippen LogP contribution in [-0.4, -0.2) is 6.11 Å². The summed E-state index contributed by atoms with van der Waals surface area (Å²) in [6.45, 7) is 2.27. The smallest absolute Gasteiger partial charge is 0.400 e. The highest BCUT2D eigenvalue weighted by molar-refractivity contribution is 5.30. The second-order valence-corrected chi connectivity index (χ2v) is 13.5. The maximum atomic E-state index is 15.4. The minimum atomic E-state index is -3.51. The van der Waals surface area contributed by atoms with Crippen molar-refractivity contribution >= 4 is 0 Å². The third kappa shape index (κ3) is 7.69. The van der Waals surface area contributed by atoms with Crippen LogP contribution < -0.4 is 4.74 Å². The first-order chi connectivity index (χ1) is 20.2. The summed E-state index contributed by atoms with van der Waals surface area (Å²) >= 11 is 0. The van der Waals surface area contributed by atoms with Gasteiger partial charge >= 0.3 is 6.11 Å². The molecule has 0 aliphatic heterocycles. The van der Waals surface area contributed by atoms with Gasteiger partial charge in [-0.1, -0.05) is 57.6 Å². The van der Waals surface area contributed by atoms with E-state index in [-0.39, 0.29) is 24.6 Å². The van der Waals surface area contributed by atoms with Crippen molar-refractivity contribution in [1.29, 1.82) is 0 Å². The van der Waals surface area contributed by atoms with E-state index >= 15 is 4.39 Å². The van der Waals surface area contributed by atoms with Gasteiger partial charge in [-0.15, -0.1) is 0 Å². The number of rotatable bonds is 10. The number of hydrogen-bond donors (Lipinski definition) is 0. The van der Waals surface area contributed by atoms with Gasteiger partial charge < -0.3 is 4.74 Å². The molecule has 0 radical (unpaired) electrons. The second kappa shape index (κ2) is 14.1. The van der Waals surface area contributed by atoms with E-state index in [1.165, 1.54) is 64.2 Å². The van der Waals surface area contributed by atoms with E-state index < -0.39 is 29.4 Å². The van der Waals surface area contributed by atoms with Gasteiger partial charge in [0.25, 0.3) is 0 Å². The average molecular weight is 591 g/mol. The fourth-order valence-corrected chi connectivity index (χ4v) is 8.20.